The van der Waals surface area contributed by atoms with Crippen LogP contribution in [-0.4, -0.2) is 32.8 Å². The van der Waals surface area contributed by atoms with Crippen LogP contribution in [0.15, 0.2) is 41.5 Å². The number of rotatable bonds is 4. The predicted molar refractivity (Wildman–Crippen MR) is 114 cm³/mol. The number of benzene rings is 1. The van der Waals surface area contributed by atoms with Crippen LogP contribution in [0.1, 0.15) is 24.8 Å². The molecule has 0 unspecified atom stereocenters. The van der Waals surface area contributed by atoms with Crippen molar-refractivity contribution in [3.63, 3.8) is 0 Å². The van der Waals surface area contributed by atoms with Crippen molar-refractivity contribution in [2.75, 3.05) is 10.6 Å². The van der Waals surface area contributed by atoms with Gasteiger partial charge in [0.15, 0.2) is 0 Å². The third-order valence-electron chi connectivity index (χ3n) is 5.59. The lowest BCUT2D eigenvalue weighted by Crippen LogP contribution is -2.42. The summed E-state index contributed by atoms with van der Waals surface area (Å²) < 4.78 is 55.8. The van der Waals surface area contributed by atoms with E-state index in [0.29, 0.717) is 35.5 Å². The van der Waals surface area contributed by atoms with Crippen LogP contribution in [0, 0.1) is 0 Å². The summed E-state index contributed by atoms with van der Waals surface area (Å²) in [4.78, 5) is 20.0. The van der Waals surface area contributed by atoms with E-state index in [1.54, 1.807) is 37.5 Å². The van der Waals surface area contributed by atoms with Gasteiger partial charge in [-0.25, -0.2) is 9.37 Å². The molecule has 3 atom stereocenters. The number of nitrogens with one attached hydrogen (secondary N) is 2. The highest BCUT2D eigenvalue weighted by atomic mass is 19.4. The molecule has 1 saturated carbocycles. The quantitative estimate of drug-likeness (QED) is 0.524. The van der Waals surface area contributed by atoms with E-state index in [0.717, 1.165) is 0 Å². The molecule has 0 amide bonds. The van der Waals surface area contributed by atoms with Crippen LogP contribution in [0.5, 0.6) is 0 Å². The number of halogens is 4. The monoisotopic (exact) mass is 450 g/mol. The van der Waals surface area contributed by atoms with Crippen molar-refractivity contribution < 1.29 is 17.6 Å². The molecule has 0 saturated heterocycles. The van der Waals surface area contributed by atoms with E-state index in [-0.39, 0.29) is 17.9 Å². The smallest absolute Gasteiger partial charge is 0.367 e. The fourth-order valence-electron chi connectivity index (χ4n) is 3.77. The molecule has 170 valence electrons. The van der Waals surface area contributed by atoms with Crippen molar-refractivity contribution >= 4 is 28.2 Å². The molecule has 2 heterocycles. The zero-order valence-electron chi connectivity index (χ0n) is 17.2. The fourth-order valence-corrected chi connectivity index (χ4v) is 3.77. The Morgan fingerprint density at radius 3 is 2.72 bits per heavy atom. The molecule has 11 heteroatoms. The fraction of sp³-hybridized carbons (Fsp3) is 0.381. The van der Waals surface area contributed by atoms with Crippen molar-refractivity contribution in [1.82, 2.24) is 14.5 Å². The summed E-state index contributed by atoms with van der Waals surface area (Å²) in [7, 11) is 1.64. The zero-order valence-corrected chi connectivity index (χ0v) is 17.2. The second-order valence-electron chi connectivity index (χ2n) is 7.95. The largest absolute Gasteiger partial charge is 0.421 e. The molecule has 0 aliphatic heterocycles. The van der Waals surface area contributed by atoms with Crippen molar-refractivity contribution in [2.45, 2.75) is 43.7 Å². The van der Waals surface area contributed by atoms with E-state index in [9.17, 15) is 22.4 Å². The minimum absolute atomic E-state index is 0.00482. The standard InChI is InChI=1S/C21H22F4N6O/c1-31-7-6-11-8-12(2-4-14(11)19(31)32)29-20-27-10-15(21(23,24)25)18(30-20)28-13-3-5-17(26)16(22)9-13/h2,4,6-8,10,13,16-17H,3,5,9,26H2,1H3,(H2,27,28,29,30)/t13-,16+,17+/m1/s1. The molecule has 32 heavy (non-hydrogen) atoms. The Morgan fingerprint density at radius 2 is 2.00 bits per heavy atom. The van der Waals surface area contributed by atoms with Gasteiger partial charge in [0.05, 0.1) is 0 Å². The minimum Gasteiger partial charge on any atom is -0.367 e. The van der Waals surface area contributed by atoms with Crippen LogP contribution in [0.25, 0.3) is 10.8 Å². The van der Waals surface area contributed by atoms with Crippen molar-refractivity contribution in [3.05, 3.63) is 52.6 Å². The number of fused-ring (bicyclic) bond motifs is 1. The molecule has 3 aromatic rings. The average molecular weight is 450 g/mol. The maximum Gasteiger partial charge on any atom is 0.421 e. The summed E-state index contributed by atoms with van der Waals surface area (Å²) in [5, 5.41) is 6.77. The average Bonchev–Trinajstić information content (AvgIpc) is 2.73. The Hall–Kier alpha value is -3.21. The number of pyridine rings is 1. The first-order valence-corrected chi connectivity index (χ1v) is 10.1. The second-order valence-corrected chi connectivity index (χ2v) is 7.95. The SMILES string of the molecule is Cn1ccc2cc(Nc3ncc(C(F)(F)F)c(N[C@@H]4CC[C@H](N)[C@@H](F)C4)n3)ccc2c1=O. The normalized spacial score (nSPS) is 21.5. The first-order chi connectivity index (χ1) is 15.1. The van der Waals surface area contributed by atoms with Crippen LogP contribution in [0.3, 0.4) is 0 Å². The second kappa shape index (κ2) is 8.38. The Balaban J connectivity index is 1.62. The van der Waals surface area contributed by atoms with Crippen molar-refractivity contribution in [3.8, 4) is 0 Å². The van der Waals surface area contributed by atoms with Gasteiger partial charge < -0.3 is 20.9 Å². The maximum atomic E-state index is 14.0. The van der Waals surface area contributed by atoms with Crippen LogP contribution in [0.2, 0.25) is 0 Å². The number of aryl methyl sites for hydroxylation is 1. The molecule has 1 fully saturated rings. The lowest BCUT2D eigenvalue weighted by atomic mass is 9.90. The van der Waals surface area contributed by atoms with E-state index in [4.69, 9.17) is 5.73 Å². The highest BCUT2D eigenvalue weighted by molar-refractivity contribution is 5.85. The van der Waals surface area contributed by atoms with Gasteiger partial charge in [-0.15, -0.1) is 0 Å². The Labute approximate surface area is 180 Å². The number of nitrogens with two attached hydrogens (primary N) is 1. The van der Waals surface area contributed by atoms with Gasteiger partial charge in [-0.05, 0) is 42.5 Å². The van der Waals surface area contributed by atoms with Crippen LogP contribution < -0.4 is 21.9 Å². The Bertz CT molecular complexity index is 1200. The molecule has 0 spiro atoms. The molecular weight excluding hydrogens is 428 g/mol. The van der Waals surface area contributed by atoms with Gasteiger partial charge in [0.25, 0.3) is 5.56 Å². The lowest BCUT2D eigenvalue weighted by Gasteiger charge is -2.30. The lowest BCUT2D eigenvalue weighted by molar-refractivity contribution is -0.137. The summed E-state index contributed by atoms with van der Waals surface area (Å²) in [5.74, 6) is -0.481. The highest BCUT2D eigenvalue weighted by Crippen LogP contribution is 2.35. The van der Waals surface area contributed by atoms with Gasteiger partial charge in [0.2, 0.25) is 5.95 Å². The third-order valence-corrected chi connectivity index (χ3v) is 5.59. The third kappa shape index (κ3) is 4.52. The molecule has 0 radical (unpaired) electrons. The Morgan fingerprint density at radius 1 is 1.22 bits per heavy atom. The molecule has 7 nitrogen and oxygen atoms in total. The van der Waals surface area contributed by atoms with E-state index >= 15 is 0 Å². The highest BCUT2D eigenvalue weighted by Gasteiger charge is 2.37. The summed E-state index contributed by atoms with van der Waals surface area (Å²) in [6.07, 6.45) is -2.84. The van der Waals surface area contributed by atoms with Crippen LogP contribution >= 0.6 is 0 Å². The molecule has 1 aromatic carbocycles. The first-order valence-electron chi connectivity index (χ1n) is 10.1. The zero-order chi connectivity index (χ0) is 23.0. The minimum atomic E-state index is -4.68. The van der Waals surface area contributed by atoms with E-state index < -0.39 is 35.8 Å². The van der Waals surface area contributed by atoms with Crippen LogP contribution in [0.4, 0.5) is 35.0 Å². The number of hydrogen-bond acceptors (Lipinski definition) is 6. The van der Waals surface area contributed by atoms with Gasteiger partial charge in [0.1, 0.15) is 17.6 Å². The molecule has 4 N–H and O–H groups in total. The number of alkyl halides is 4. The summed E-state index contributed by atoms with van der Waals surface area (Å²) in [6.45, 7) is 0. The molecular formula is C21H22F4N6O. The van der Waals surface area contributed by atoms with Crippen molar-refractivity contribution in [1.29, 1.82) is 0 Å². The van der Waals surface area contributed by atoms with Crippen LogP contribution in [-0.2, 0) is 13.2 Å². The number of nitrogens with zero attached hydrogens (tertiary/aromatic N) is 3. The number of aromatic nitrogens is 3. The van der Waals surface area contributed by atoms with E-state index in [1.807, 2.05) is 0 Å². The predicted octanol–water partition coefficient (Wildman–Crippen LogP) is 3.72. The summed E-state index contributed by atoms with van der Waals surface area (Å²) in [6, 6.07) is 5.54. The number of anilines is 3. The summed E-state index contributed by atoms with van der Waals surface area (Å²) in [5.41, 5.74) is 4.97. The topological polar surface area (TPSA) is 97.9 Å². The number of hydrogen-bond donors (Lipinski definition) is 3. The molecule has 0 bridgehead atoms. The molecule has 2 aromatic heterocycles. The molecule has 1 aliphatic rings. The van der Waals surface area contributed by atoms with E-state index in [2.05, 4.69) is 20.6 Å². The first kappa shape index (κ1) is 22.0. The van der Waals surface area contributed by atoms with Crippen molar-refractivity contribution in [2.24, 2.45) is 12.8 Å². The van der Waals surface area contributed by atoms with E-state index in [1.165, 1.54) is 4.57 Å². The van der Waals surface area contributed by atoms with Gasteiger partial charge in [-0.1, -0.05) is 0 Å². The van der Waals surface area contributed by atoms with Gasteiger partial charge in [-0.3, -0.25) is 4.79 Å². The van der Waals surface area contributed by atoms with Gasteiger partial charge >= 0.3 is 6.18 Å². The summed E-state index contributed by atoms with van der Waals surface area (Å²) >= 11 is 0. The van der Waals surface area contributed by atoms with Gasteiger partial charge in [-0.2, -0.15) is 18.2 Å². The maximum absolute atomic E-state index is 14.0. The Kier molecular flexibility index (Phi) is 5.76. The van der Waals surface area contributed by atoms with Gasteiger partial charge in [0, 0.05) is 49.0 Å². The molecule has 4 rings (SSSR count). The molecule has 1 aliphatic carbocycles.